The molecular formula is C21H28N3O3+. The van der Waals surface area contributed by atoms with E-state index in [2.05, 4.69) is 16.8 Å². The average molecular weight is 370 g/mol. The Balaban J connectivity index is 1.57. The number of nitrogens with one attached hydrogen (secondary N) is 2. The number of Topliss-reactive ketones (excluding diaryl/α,β-unsaturated/α-hetero) is 1. The zero-order chi connectivity index (χ0) is 19.6. The highest BCUT2D eigenvalue weighted by Crippen LogP contribution is 2.38. The molecule has 2 N–H and O–H groups in total. The molecule has 3 rings (SSSR count). The summed E-state index contributed by atoms with van der Waals surface area (Å²) in [7, 11) is 3.45. The van der Waals surface area contributed by atoms with Crippen LogP contribution in [-0.4, -0.2) is 43.5 Å². The van der Waals surface area contributed by atoms with E-state index in [0.29, 0.717) is 24.0 Å². The lowest BCUT2D eigenvalue weighted by molar-refractivity contribution is -0.861. The van der Waals surface area contributed by atoms with E-state index >= 15 is 0 Å². The molecule has 0 spiro atoms. The van der Waals surface area contributed by atoms with Crippen LogP contribution in [0.1, 0.15) is 40.6 Å². The number of nitrogens with zero attached hydrogens (tertiary/aromatic N) is 1. The summed E-state index contributed by atoms with van der Waals surface area (Å²) in [6, 6.07) is 9.78. The Morgan fingerprint density at radius 2 is 1.96 bits per heavy atom. The molecule has 1 amide bonds. The number of aryl methyl sites for hydroxylation is 1. The smallest absolute Gasteiger partial charge is 0.279 e. The zero-order valence-electron chi connectivity index (χ0n) is 16.5. The average Bonchev–Trinajstić information content (AvgIpc) is 3.39. The molecule has 1 heterocycles. The number of benzene rings is 1. The maximum atomic E-state index is 12.7. The van der Waals surface area contributed by atoms with Gasteiger partial charge >= 0.3 is 0 Å². The third-order valence-electron chi connectivity index (χ3n) is 4.97. The number of amides is 1. The third kappa shape index (κ3) is 4.57. The molecule has 0 saturated heterocycles. The van der Waals surface area contributed by atoms with Gasteiger partial charge in [-0.2, -0.15) is 0 Å². The molecule has 1 atom stereocenters. The molecule has 1 unspecified atom stereocenters. The predicted octanol–water partition coefficient (Wildman–Crippen LogP) is 1.78. The quantitative estimate of drug-likeness (QED) is 0.697. The highest BCUT2D eigenvalue weighted by Gasteiger charge is 2.29. The van der Waals surface area contributed by atoms with Gasteiger partial charge in [0.15, 0.2) is 6.54 Å². The summed E-state index contributed by atoms with van der Waals surface area (Å²) in [4.78, 5) is 25.9. The first kappa shape index (κ1) is 19.2. The summed E-state index contributed by atoms with van der Waals surface area (Å²) in [5.74, 6) is 0.647. The van der Waals surface area contributed by atoms with Crippen molar-refractivity contribution in [1.82, 2.24) is 4.57 Å². The first-order chi connectivity index (χ1) is 12.9. The van der Waals surface area contributed by atoms with Gasteiger partial charge in [-0.25, -0.2) is 0 Å². The van der Waals surface area contributed by atoms with E-state index in [0.717, 1.165) is 21.9 Å². The fraction of sp³-hybridized carbons (Fsp3) is 0.429. The first-order valence-electron chi connectivity index (χ1n) is 9.36. The second-order valence-electron chi connectivity index (χ2n) is 7.40. The molecule has 27 heavy (non-hydrogen) atoms. The molecule has 0 radical (unpaired) electrons. The monoisotopic (exact) mass is 370 g/mol. The number of likely N-dealkylation sites (N-methyl/N-ethyl adjacent to an activating group) is 1. The van der Waals surface area contributed by atoms with Crippen molar-refractivity contribution < 1.29 is 19.2 Å². The minimum Gasteiger partial charge on any atom is -0.497 e. The van der Waals surface area contributed by atoms with Gasteiger partial charge in [-0.3, -0.25) is 9.59 Å². The van der Waals surface area contributed by atoms with Crippen molar-refractivity contribution in [3.8, 4) is 5.75 Å². The molecule has 6 nitrogen and oxygen atoms in total. The Morgan fingerprint density at radius 1 is 1.22 bits per heavy atom. The van der Waals surface area contributed by atoms with Crippen molar-refractivity contribution in [3.05, 3.63) is 47.3 Å². The highest BCUT2D eigenvalue weighted by molar-refractivity contribution is 5.98. The van der Waals surface area contributed by atoms with Crippen LogP contribution in [0.25, 0.3) is 0 Å². The summed E-state index contributed by atoms with van der Waals surface area (Å²) < 4.78 is 7.44. The van der Waals surface area contributed by atoms with Crippen LogP contribution in [0.2, 0.25) is 0 Å². The molecule has 1 aliphatic rings. The predicted molar refractivity (Wildman–Crippen MR) is 105 cm³/mol. The van der Waals surface area contributed by atoms with Crippen LogP contribution in [0.3, 0.4) is 0 Å². The number of ether oxygens (including phenoxy) is 1. The van der Waals surface area contributed by atoms with E-state index in [-0.39, 0.29) is 18.2 Å². The molecule has 1 saturated carbocycles. The molecule has 144 valence electrons. The summed E-state index contributed by atoms with van der Waals surface area (Å²) in [5.41, 5.74) is 3.67. The number of rotatable bonds is 8. The third-order valence-corrected chi connectivity index (χ3v) is 4.97. The second-order valence-corrected chi connectivity index (χ2v) is 7.40. The van der Waals surface area contributed by atoms with Crippen LogP contribution in [0.4, 0.5) is 5.69 Å². The summed E-state index contributed by atoms with van der Waals surface area (Å²) >= 11 is 0. The number of hydrogen-bond acceptors (Lipinski definition) is 3. The Hall–Kier alpha value is -2.60. The summed E-state index contributed by atoms with van der Waals surface area (Å²) in [6.45, 7) is 4.59. The number of carbonyl (C=O) groups is 2. The van der Waals surface area contributed by atoms with Gasteiger partial charge in [0, 0.05) is 34.7 Å². The normalized spacial score (nSPS) is 14.7. The summed E-state index contributed by atoms with van der Waals surface area (Å²) in [6.07, 6.45) is 2.39. The fourth-order valence-electron chi connectivity index (χ4n) is 3.57. The Kier molecular flexibility index (Phi) is 5.65. The van der Waals surface area contributed by atoms with Crippen molar-refractivity contribution >= 4 is 17.4 Å². The van der Waals surface area contributed by atoms with Crippen molar-refractivity contribution in [1.29, 1.82) is 0 Å². The lowest BCUT2D eigenvalue weighted by atomic mass is 10.1. The topological polar surface area (TPSA) is 64.8 Å². The molecule has 0 aliphatic heterocycles. The van der Waals surface area contributed by atoms with Crippen molar-refractivity contribution in [3.63, 3.8) is 0 Å². The maximum Gasteiger partial charge on any atom is 0.279 e. The van der Waals surface area contributed by atoms with Gasteiger partial charge in [-0.05, 0) is 44.9 Å². The SMILES string of the molecule is COc1cccc(NC(=O)C[NH+](C)CC(=O)c2cc(C)n(C3CC3)c2C)c1. The number of ketones is 1. The number of hydrogen-bond donors (Lipinski definition) is 2. The molecular weight excluding hydrogens is 342 g/mol. The van der Waals surface area contributed by atoms with Gasteiger partial charge in [-0.1, -0.05) is 6.07 Å². The summed E-state index contributed by atoms with van der Waals surface area (Å²) in [5, 5.41) is 2.85. The minimum atomic E-state index is -0.128. The molecule has 1 aromatic heterocycles. The van der Waals surface area contributed by atoms with Crippen LogP contribution in [0, 0.1) is 13.8 Å². The number of carbonyl (C=O) groups excluding carboxylic acids is 2. The van der Waals surface area contributed by atoms with Gasteiger partial charge in [-0.15, -0.1) is 0 Å². The Morgan fingerprint density at radius 3 is 2.63 bits per heavy atom. The van der Waals surface area contributed by atoms with E-state index < -0.39 is 0 Å². The van der Waals surface area contributed by atoms with Crippen molar-refractivity contribution in [2.75, 3.05) is 32.6 Å². The zero-order valence-corrected chi connectivity index (χ0v) is 16.5. The van der Waals surface area contributed by atoms with Gasteiger partial charge in [0.25, 0.3) is 5.91 Å². The lowest BCUT2D eigenvalue weighted by Crippen LogP contribution is -3.11. The fourth-order valence-corrected chi connectivity index (χ4v) is 3.57. The Labute approximate surface area is 160 Å². The van der Waals surface area contributed by atoms with Gasteiger partial charge < -0.3 is 19.5 Å². The van der Waals surface area contributed by atoms with Gasteiger partial charge in [0.1, 0.15) is 12.3 Å². The first-order valence-corrected chi connectivity index (χ1v) is 9.36. The van der Waals surface area contributed by atoms with E-state index in [1.807, 2.05) is 38.2 Å². The maximum absolute atomic E-state index is 12.7. The van der Waals surface area contributed by atoms with Crippen LogP contribution < -0.4 is 15.0 Å². The van der Waals surface area contributed by atoms with Crippen LogP contribution in [0.15, 0.2) is 30.3 Å². The number of methoxy groups -OCH3 is 1. The number of anilines is 1. The minimum absolute atomic E-state index is 0.0849. The largest absolute Gasteiger partial charge is 0.497 e. The van der Waals surface area contributed by atoms with Gasteiger partial charge in [0.2, 0.25) is 5.78 Å². The molecule has 6 heteroatoms. The standard InChI is InChI=1S/C21H27N3O3/c1-14-10-19(15(2)24(14)17-8-9-17)20(25)12-23(3)13-21(26)22-16-6-5-7-18(11-16)27-4/h5-7,10-11,17H,8-9,12-13H2,1-4H3,(H,22,26)/p+1. The van der Waals surface area contributed by atoms with E-state index in [1.165, 1.54) is 12.8 Å². The molecule has 0 bridgehead atoms. The van der Waals surface area contributed by atoms with Gasteiger partial charge in [0.05, 0.1) is 14.2 Å². The highest BCUT2D eigenvalue weighted by atomic mass is 16.5. The second kappa shape index (κ2) is 7.96. The van der Waals surface area contributed by atoms with E-state index in [4.69, 9.17) is 4.74 Å². The van der Waals surface area contributed by atoms with Crippen LogP contribution in [0.5, 0.6) is 5.75 Å². The molecule has 2 aromatic rings. The number of aromatic nitrogens is 1. The molecule has 1 aliphatic carbocycles. The van der Waals surface area contributed by atoms with Crippen LogP contribution >= 0.6 is 0 Å². The Bertz CT molecular complexity index is 852. The van der Waals surface area contributed by atoms with Crippen molar-refractivity contribution in [2.24, 2.45) is 0 Å². The van der Waals surface area contributed by atoms with Crippen molar-refractivity contribution in [2.45, 2.75) is 32.7 Å². The number of quaternary nitrogens is 1. The van der Waals surface area contributed by atoms with E-state index in [1.54, 1.807) is 13.2 Å². The van der Waals surface area contributed by atoms with Crippen LogP contribution in [-0.2, 0) is 4.79 Å². The molecule has 1 aromatic carbocycles. The molecule has 1 fully saturated rings. The van der Waals surface area contributed by atoms with E-state index in [9.17, 15) is 9.59 Å². The lowest BCUT2D eigenvalue weighted by Gasteiger charge is -2.14.